The molecule has 3 heterocycles. The van der Waals surface area contributed by atoms with E-state index in [4.69, 9.17) is 0 Å². The van der Waals surface area contributed by atoms with Crippen LogP contribution < -0.4 is 0 Å². The molecule has 0 spiro atoms. The monoisotopic (exact) mass is 462 g/mol. The number of piperazine rings is 1. The normalized spacial score (nSPS) is 23.1. The standard InChI is InChI=1S/C23H34N4O4S/c28-22(10-11-23(29)27-14-6-7-20(27)19-24-12-4-5-13-24)25-15-17-26(18-16-25)32(30,31)21-8-2-1-3-9-21/h1-3,8-9,20H,4-7,10-19H2. The Bertz CT molecular complexity index is 894. The van der Waals surface area contributed by atoms with Gasteiger partial charge < -0.3 is 14.7 Å². The van der Waals surface area contributed by atoms with Crippen molar-refractivity contribution in [3.05, 3.63) is 30.3 Å². The van der Waals surface area contributed by atoms with Crippen LogP contribution in [0, 0.1) is 0 Å². The average Bonchev–Trinajstić information content (AvgIpc) is 3.50. The Kier molecular flexibility index (Phi) is 7.48. The minimum absolute atomic E-state index is 0.0644. The molecule has 8 nitrogen and oxygen atoms in total. The maximum atomic E-state index is 12.8. The van der Waals surface area contributed by atoms with Crippen LogP contribution in [0.15, 0.2) is 35.2 Å². The molecule has 32 heavy (non-hydrogen) atoms. The number of hydrogen-bond acceptors (Lipinski definition) is 5. The molecule has 0 radical (unpaired) electrons. The van der Waals surface area contributed by atoms with E-state index in [1.807, 2.05) is 4.90 Å². The van der Waals surface area contributed by atoms with E-state index in [-0.39, 0.29) is 48.7 Å². The average molecular weight is 463 g/mol. The zero-order valence-corrected chi connectivity index (χ0v) is 19.5. The second-order valence-corrected chi connectivity index (χ2v) is 10.9. The second-order valence-electron chi connectivity index (χ2n) is 8.99. The molecule has 3 aliphatic rings. The smallest absolute Gasteiger partial charge is 0.243 e. The molecular weight excluding hydrogens is 428 g/mol. The molecule has 0 aromatic heterocycles. The highest BCUT2D eigenvalue weighted by Crippen LogP contribution is 2.22. The van der Waals surface area contributed by atoms with Crippen molar-refractivity contribution in [2.45, 2.75) is 49.5 Å². The minimum atomic E-state index is -3.53. The predicted molar refractivity (Wildman–Crippen MR) is 121 cm³/mol. The molecule has 9 heteroatoms. The third kappa shape index (κ3) is 5.32. The number of carbonyl (C=O) groups excluding carboxylic acids is 2. The Labute approximate surface area is 191 Å². The fourth-order valence-electron chi connectivity index (χ4n) is 5.05. The van der Waals surface area contributed by atoms with Crippen LogP contribution in [-0.2, 0) is 19.6 Å². The lowest BCUT2D eigenvalue weighted by molar-refractivity contribution is -0.138. The van der Waals surface area contributed by atoms with Crippen molar-refractivity contribution in [3.8, 4) is 0 Å². The number of sulfonamides is 1. The Hall–Kier alpha value is -1.97. The Balaban J connectivity index is 1.23. The number of benzene rings is 1. The summed E-state index contributed by atoms with van der Waals surface area (Å²) in [5.74, 6) is 0.00994. The largest absolute Gasteiger partial charge is 0.340 e. The first-order chi connectivity index (χ1) is 15.4. The number of amides is 2. The first-order valence-electron chi connectivity index (χ1n) is 11.8. The van der Waals surface area contributed by atoms with Crippen LogP contribution in [0.3, 0.4) is 0 Å². The maximum absolute atomic E-state index is 12.8. The quantitative estimate of drug-likeness (QED) is 0.612. The molecule has 3 saturated heterocycles. The van der Waals surface area contributed by atoms with E-state index in [2.05, 4.69) is 4.90 Å². The van der Waals surface area contributed by atoms with Crippen LogP contribution in [-0.4, -0.2) is 97.6 Å². The van der Waals surface area contributed by atoms with E-state index >= 15 is 0 Å². The molecule has 3 fully saturated rings. The van der Waals surface area contributed by atoms with Gasteiger partial charge in [-0.2, -0.15) is 4.31 Å². The Morgan fingerprint density at radius 2 is 1.47 bits per heavy atom. The van der Waals surface area contributed by atoms with Gasteiger partial charge in [0.1, 0.15) is 0 Å². The maximum Gasteiger partial charge on any atom is 0.243 e. The molecule has 4 rings (SSSR count). The van der Waals surface area contributed by atoms with Gasteiger partial charge in [-0.1, -0.05) is 18.2 Å². The van der Waals surface area contributed by atoms with Gasteiger partial charge in [-0.3, -0.25) is 9.59 Å². The molecule has 0 bridgehead atoms. The number of carbonyl (C=O) groups is 2. The molecular formula is C23H34N4O4S. The van der Waals surface area contributed by atoms with Crippen LogP contribution in [0.2, 0.25) is 0 Å². The first kappa shape index (κ1) is 23.2. The van der Waals surface area contributed by atoms with Crippen LogP contribution in [0.25, 0.3) is 0 Å². The van der Waals surface area contributed by atoms with Crippen LogP contribution in [0.1, 0.15) is 38.5 Å². The highest BCUT2D eigenvalue weighted by atomic mass is 32.2. The molecule has 176 valence electrons. The molecule has 0 saturated carbocycles. The lowest BCUT2D eigenvalue weighted by Crippen LogP contribution is -2.50. The number of rotatable bonds is 7. The molecule has 2 amide bonds. The number of hydrogen-bond donors (Lipinski definition) is 0. The van der Waals surface area contributed by atoms with E-state index < -0.39 is 10.0 Å². The zero-order valence-electron chi connectivity index (χ0n) is 18.7. The van der Waals surface area contributed by atoms with Gasteiger partial charge in [-0.25, -0.2) is 8.42 Å². The van der Waals surface area contributed by atoms with Crippen molar-refractivity contribution in [2.24, 2.45) is 0 Å². The van der Waals surface area contributed by atoms with E-state index in [9.17, 15) is 18.0 Å². The van der Waals surface area contributed by atoms with Gasteiger partial charge in [0.25, 0.3) is 0 Å². The van der Waals surface area contributed by atoms with Crippen LogP contribution >= 0.6 is 0 Å². The molecule has 1 aromatic carbocycles. The molecule has 0 aliphatic carbocycles. The summed E-state index contributed by atoms with van der Waals surface area (Å²) < 4.78 is 26.9. The van der Waals surface area contributed by atoms with E-state index in [0.717, 1.165) is 39.0 Å². The molecule has 0 N–H and O–H groups in total. The van der Waals surface area contributed by atoms with Crippen molar-refractivity contribution in [1.29, 1.82) is 0 Å². The molecule has 1 aromatic rings. The molecule has 1 unspecified atom stereocenters. The van der Waals surface area contributed by atoms with Gasteiger partial charge in [0.15, 0.2) is 0 Å². The highest BCUT2D eigenvalue weighted by molar-refractivity contribution is 7.89. The third-order valence-corrected chi connectivity index (χ3v) is 8.80. The van der Waals surface area contributed by atoms with Crippen molar-refractivity contribution in [1.82, 2.24) is 19.0 Å². The van der Waals surface area contributed by atoms with Crippen molar-refractivity contribution >= 4 is 21.8 Å². The lowest BCUT2D eigenvalue weighted by atomic mass is 10.2. The van der Waals surface area contributed by atoms with Crippen molar-refractivity contribution < 1.29 is 18.0 Å². The van der Waals surface area contributed by atoms with Crippen LogP contribution in [0.5, 0.6) is 0 Å². The number of likely N-dealkylation sites (tertiary alicyclic amines) is 2. The fourth-order valence-corrected chi connectivity index (χ4v) is 6.50. The summed E-state index contributed by atoms with van der Waals surface area (Å²) >= 11 is 0. The van der Waals surface area contributed by atoms with E-state index in [0.29, 0.717) is 13.1 Å². The molecule has 1 atom stereocenters. The third-order valence-electron chi connectivity index (χ3n) is 6.89. The predicted octanol–water partition coefficient (Wildman–Crippen LogP) is 1.39. The van der Waals surface area contributed by atoms with Gasteiger partial charge in [0.05, 0.1) is 4.90 Å². The lowest BCUT2D eigenvalue weighted by Gasteiger charge is -2.34. The van der Waals surface area contributed by atoms with Gasteiger partial charge in [-0.05, 0) is 50.9 Å². The Morgan fingerprint density at radius 1 is 0.812 bits per heavy atom. The highest BCUT2D eigenvalue weighted by Gasteiger charge is 2.32. The summed E-state index contributed by atoms with van der Waals surface area (Å²) in [5.41, 5.74) is 0. The van der Waals surface area contributed by atoms with Crippen molar-refractivity contribution in [2.75, 3.05) is 52.4 Å². The SMILES string of the molecule is O=C(CCC(=O)N1CCCC1CN1CCCC1)N1CCN(S(=O)(=O)c2ccccc2)CC1. The van der Waals surface area contributed by atoms with Crippen molar-refractivity contribution in [3.63, 3.8) is 0 Å². The molecule has 3 aliphatic heterocycles. The fraction of sp³-hybridized carbons (Fsp3) is 0.652. The van der Waals surface area contributed by atoms with Crippen LogP contribution in [0.4, 0.5) is 0 Å². The van der Waals surface area contributed by atoms with Gasteiger partial charge in [-0.15, -0.1) is 0 Å². The summed E-state index contributed by atoms with van der Waals surface area (Å²) in [4.78, 5) is 31.9. The topological polar surface area (TPSA) is 81.2 Å². The minimum Gasteiger partial charge on any atom is -0.340 e. The summed E-state index contributed by atoms with van der Waals surface area (Å²) in [6.45, 7) is 5.29. The summed E-state index contributed by atoms with van der Waals surface area (Å²) in [7, 11) is -3.53. The summed E-state index contributed by atoms with van der Waals surface area (Å²) in [6.07, 6.45) is 5.00. The Morgan fingerprint density at radius 3 is 2.16 bits per heavy atom. The van der Waals surface area contributed by atoms with E-state index in [1.54, 1.807) is 35.2 Å². The summed E-state index contributed by atoms with van der Waals surface area (Å²) in [5, 5.41) is 0. The second kappa shape index (κ2) is 10.3. The summed E-state index contributed by atoms with van der Waals surface area (Å²) in [6, 6.07) is 8.66. The number of nitrogens with zero attached hydrogens (tertiary/aromatic N) is 4. The first-order valence-corrected chi connectivity index (χ1v) is 13.2. The zero-order chi connectivity index (χ0) is 22.6. The van der Waals surface area contributed by atoms with Gasteiger partial charge in [0.2, 0.25) is 21.8 Å². The van der Waals surface area contributed by atoms with Gasteiger partial charge >= 0.3 is 0 Å². The van der Waals surface area contributed by atoms with Gasteiger partial charge in [0, 0.05) is 58.2 Å². The van der Waals surface area contributed by atoms with E-state index in [1.165, 1.54) is 17.1 Å².